The standard InChI is InChI=1S/C16H33N5O/c1-12(2)21-9-7-13(8-10-21)20-15(18-6)19-11-16(3,4)14(22)17-5/h12-13H,7-11H2,1-6H3,(H,17,22)(H2,18,19,20). The van der Waals surface area contributed by atoms with Crippen LogP contribution in [0.15, 0.2) is 4.99 Å². The summed E-state index contributed by atoms with van der Waals surface area (Å²) < 4.78 is 0. The summed E-state index contributed by atoms with van der Waals surface area (Å²) in [5.41, 5.74) is -0.465. The number of aliphatic imine (C=N–C) groups is 1. The Morgan fingerprint density at radius 3 is 2.36 bits per heavy atom. The molecular formula is C16H33N5O. The number of guanidine groups is 1. The Hall–Kier alpha value is -1.30. The summed E-state index contributed by atoms with van der Waals surface area (Å²) in [5.74, 6) is 0.806. The van der Waals surface area contributed by atoms with Crippen LogP contribution in [0.25, 0.3) is 0 Å². The van der Waals surface area contributed by atoms with Crippen molar-refractivity contribution in [2.24, 2.45) is 10.4 Å². The molecule has 0 aliphatic carbocycles. The minimum absolute atomic E-state index is 0.0284. The molecule has 128 valence electrons. The van der Waals surface area contributed by atoms with Crippen molar-refractivity contribution in [3.8, 4) is 0 Å². The van der Waals surface area contributed by atoms with E-state index in [-0.39, 0.29) is 5.91 Å². The van der Waals surface area contributed by atoms with Gasteiger partial charge in [0.25, 0.3) is 0 Å². The van der Waals surface area contributed by atoms with Crippen LogP contribution in [-0.4, -0.2) is 62.6 Å². The maximum atomic E-state index is 11.8. The van der Waals surface area contributed by atoms with Gasteiger partial charge in [-0.25, -0.2) is 0 Å². The molecule has 0 atom stereocenters. The topological polar surface area (TPSA) is 68.8 Å². The van der Waals surface area contributed by atoms with Crippen molar-refractivity contribution in [2.75, 3.05) is 33.7 Å². The van der Waals surface area contributed by atoms with Crippen molar-refractivity contribution in [2.45, 2.75) is 52.6 Å². The Bertz CT molecular complexity index is 384. The Morgan fingerprint density at radius 2 is 1.91 bits per heavy atom. The zero-order chi connectivity index (χ0) is 16.8. The van der Waals surface area contributed by atoms with E-state index in [0.29, 0.717) is 18.6 Å². The van der Waals surface area contributed by atoms with E-state index in [1.807, 2.05) is 13.8 Å². The second-order valence-corrected chi connectivity index (χ2v) is 6.94. The van der Waals surface area contributed by atoms with Crippen molar-refractivity contribution in [1.29, 1.82) is 0 Å². The van der Waals surface area contributed by atoms with Crippen LogP contribution < -0.4 is 16.0 Å². The van der Waals surface area contributed by atoms with Gasteiger partial charge in [-0.05, 0) is 40.5 Å². The number of carbonyl (C=O) groups excluding carboxylic acids is 1. The third kappa shape index (κ3) is 5.48. The van der Waals surface area contributed by atoms with E-state index in [1.54, 1.807) is 14.1 Å². The maximum absolute atomic E-state index is 11.8. The third-order valence-electron chi connectivity index (χ3n) is 4.36. The van der Waals surface area contributed by atoms with E-state index >= 15 is 0 Å². The van der Waals surface area contributed by atoms with Crippen LogP contribution in [0.1, 0.15) is 40.5 Å². The Morgan fingerprint density at radius 1 is 1.32 bits per heavy atom. The highest BCUT2D eigenvalue weighted by molar-refractivity contribution is 5.84. The normalized spacial score (nSPS) is 18.4. The van der Waals surface area contributed by atoms with Gasteiger partial charge in [0.2, 0.25) is 5.91 Å². The average Bonchev–Trinajstić information content (AvgIpc) is 2.50. The van der Waals surface area contributed by atoms with Gasteiger partial charge in [0.05, 0.1) is 5.41 Å². The van der Waals surface area contributed by atoms with Gasteiger partial charge in [-0.15, -0.1) is 0 Å². The fraction of sp³-hybridized carbons (Fsp3) is 0.875. The summed E-state index contributed by atoms with van der Waals surface area (Å²) in [7, 11) is 3.44. The second-order valence-electron chi connectivity index (χ2n) is 6.94. The summed E-state index contributed by atoms with van der Waals surface area (Å²) >= 11 is 0. The second kappa shape index (κ2) is 8.36. The van der Waals surface area contributed by atoms with Gasteiger partial charge in [-0.1, -0.05) is 0 Å². The first kappa shape index (κ1) is 18.7. The lowest BCUT2D eigenvalue weighted by atomic mass is 9.92. The Kier molecular flexibility index (Phi) is 7.13. The SMILES string of the molecule is CN=C(NCC(C)(C)C(=O)NC)NC1CCN(C(C)C)CC1. The van der Waals surface area contributed by atoms with Gasteiger partial charge in [-0.3, -0.25) is 9.79 Å². The van der Waals surface area contributed by atoms with Gasteiger partial charge in [-0.2, -0.15) is 0 Å². The van der Waals surface area contributed by atoms with Gasteiger partial charge in [0, 0.05) is 45.8 Å². The number of amides is 1. The van der Waals surface area contributed by atoms with Crippen LogP contribution in [0.2, 0.25) is 0 Å². The van der Waals surface area contributed by atoms with Crippen molar-refractivity contribution in [3.05, 3.63) is 0 Å². The number of rotatable bonds is 5. The summed E-state index contributed by atoms with van der Waals surface area (Å²) in [6.45, 7) is 11.1. The fourth-order valence-corrected chi connectivity index (χ4v) is 2.67. The lowest BCUT2D eigenvalue weighted by Crippen LogP contribution is -2.52. The van der Waals surface area contributed by atoms with E-state index in [4.69, 9.17) is 0 Å². The molecule has 0 aromatic rings. The van der Waals surface area contributed by atoms with E-state index < -0.39 is 5.41 Å². The van der Waals surface area contributed by atoms with Crippen LogP contribution >= 0.6 is 0 Å². The van der Waals surface area contributed by atoms with Crippen molar-refractivity contribution < 1.29 is 4.79 Å². The van der Waals surface area contributed by atoms with Crippen LogP contribution in [0.5, 0.6) is 0 Å². The van der Waals surface area contributed by atoms with E-state index in [0.717, 1.165) is 31.9 Å². The molecule has 3 N–H and O–H groups in total. The summed E-state index contributed by atoms with van der Waals surface area (Å²) in [5, 5.41) is 9.44. The van der Waals surface area contributed by atoms with E-state index in [2.05, 4.69) is 39.7 Å². The molecule has 1 saturated heterocycles. The molecule has 0 aromatic carbocycles. The molecule has 6 nitrogen and oxygen atoms in total. The number of nitrogens with one attached hydrogen (secondary N) is 3. The molecule has 1 aliphatic rings. The Labute approximate surface area is 135 Å². The fourth-order valence-electron chi connectivity index (χ4n) is 2.67. The lowest BCUT2D eigenvalue weighted by molar-refractivity contribution is -0.128. The zero-order valence-corrected chi connectivity index (χ0v) is 15.0. The quantitative estimate of drug-likeness (QED) is 0.519. The summed E-state index contributed by atoms with van der Waals surface area (Å²) in [4.78, 5) is 18.6. The molecule has 6 heteroatoms. The minimum atomic E-state index is -0.465. The van der Waals surface area contributed by atoms with Gasteiger partial charge >= 0.3 is 0 Å². The number of carbonyl (C=O) groups is 1. The van der Waals surface area contributed by atoms with Crippen molar-refractivity contribution in [1.82, 2.24) is 20.9 Å². The summed E-state index contributed by atoms with van der Waals surface area (Å²) in [6, 6.07) is 1.07. The van der Waals surface area contributed by atoms with Crippen molar-refractivity contribution in [3.63, 3.8) is 0 Å². The number of nitrogens with zero attached hydrogens (tertiary/aromatic N) is 2. The highest BCUT2D eigenvalue weighted by Gasteiger charge is 2.27. The first-order valence-corrected chi connectivity index (χ1v) is 8.23. The molecule has 0 bridgehead atoms. The molecule has 0 unspecified atom stereocenters. The molecule has 0 saturated carbocycles. The summed E-state index contributed by atoms with van der Waals surface area (Å²) in [6.07, 6.45) is 2.25. The van der Waals surface area contributed by atoms with Crippen LogP contribution in [0, 0.1) is 5.41 Å². The largest absolute Gasteiger partial charge is 0.359 e. The minimum Gasteiger partial charge on any atom is -0.359 e. The van der Waals surface area contributed by atoms with E-state index in [1.165, 1.54) is 0 Å². The molecule has 22 heavy (non-hydrogen) atoms. The first-order valence-electron chi connectivity index (χ1n) is 8.23. The smallest absolute Gasteiger partial charge is 0.227 e. The molecule has 1 fully saturated rings. The highest BCUT2D eigenvalue weighted by atomic mass is 16.2. The number of piperidine rings is 1. The van der Waals surface area contributed by atoms with Crippen LogP contribution in [-0.2, 0) is 4.79 Å². The molecule has 0 spiro atoms. The third-order valence-corrected chi connectivity index (χ3v) is 4.36. The van der Waals surface area contributed by atoms with Gasteiger partial charge in [0.1, 0.15) is 0 Å². The molecule has 1 amide bonds. The molecule has 0 radical (unpaired) electrons. The lowest BCUT2D eigenvalue weighted by Gasteiger charge is -2.35. The molecule has 1 heterocycles. The van der Waals surface area contributed by atoms with E-state index in [9.17, 15) is 4.79 Å². The average molecular weight is 311 g/mol. The van der Waals surface area contributed by atoms with Crippen LogP contribution in [0.3, 0.4) is 0 Å². The number of likely N-dealkylation sites (tertiary alicyclic amines) is 1. The molecule has 0 aromatic heterocycles. The van der Waals surface area contributed by atoms with Gasteiger partial charge < -0.3 is 20.9 Å². The monoisotopic (exact) mass is 311 g/mol. The maximum Gasteiger partial charge on any atom is 0.227 e. The molecule has 1 aliphatic heterocycles. The zero-order valence-electron chi connectivity index (χ0n) is 15.0. The van der Waals surface area contributed by atoms with Crippen molar-refractivity contribution >= 4 is 11.9 Å². The van der Waals surface area contributed by atoms with Crippen LogP contribution in [0.4, 0.5) is 0 Å². The predicted molar refractivity (Wildman–Crippen MR) is 92.1 cm³/mol. The first-order chi connectivity index (χ1) is 10.3. The van der Waals surface area contributed by atoms with Gasteiger partial charge in [0.15, 0.2) is 5.96 Å². The molecule has 1 rings (SSSR count). The number of hydrogen-bond acceptors (Lipinski definition) is 3. The molecular weight excluding hydrogens is 278 g/mol. The number of hydrogen-bond donors (Lipinski definition) is 3. The predicted octanol–water partition coefficient (Wildman–Crippen LogP) is 0.796. The Balaban J connectivity index is 2.42. The highest BCUT2D eigenvalue weighted by Crippen LogP contribution is 2.14.